The van der Waals surface area contributed by atoms with Gasteiger partial charge in [0.25, 0.3) is 0 Å². The van der Waals surface area contributed by atoms with E-state index in [0.717, 1.165) is 18.8 Å². The maximum absolute atomic E-state index is 5.13. The van der Waals surface area contributed by atoms with Gasteiger partial charge in [-0.05, 0) is 50.2 Å². The first-order chi connectivity index (χ1) is 8.38. The molecule has 1 heterocycles. The summed E-state index contributed by atoms with van der Waals surface area (Å²) in [6.07, 6.45) is 4.13. The van der Waals surface area contributed by atoms with Gasteiger partial charge in [-0.2, -0.15) is 0 Å². The fourth-order valence-electron chi connectivity index (χ4n) is 2.25. The van der Waals surface area contributed by atoms with Crippen LogP contribution in [0.3, 0.4) is 0 Å². The summed E-state index contributed by atoms with van der Waals surface area (Å²) in [6.45, 7) is 4.70. The number of nitrogens with one attached hydrogen (secondary N) is 1. The van der Waals surface area contributed by atoms with Crippen molar-refractivity contribution in [1.82, 2.24) is 4.90 Å². The molecule has 1 N–H and O–H groups in total. The highest BCUT2D eigenvalue weighted by Gasteiger charge is 2.08. The van der Waals surface area contributed by atoms with E-state index < -0.39 is 0 Å². The third-order valence-corrected chi connectivity index (χ3v) is 3.30. The van der Waals surface area contributed by atoms with Crippen molar-refractivity contribution in [2.75, 3.05) is 38.6 Å². The van der Waals surface area contributed by atoms with E-state index in [1.54, 1.807) is 7.11 Å². The molecule has 1 aliphatic rings. The van der Waals surface area contributed by atoms with Crippen molar-refractivity contribution in [3.8, 4) is 5.75 Å². The summed E-state index contributed by atoms with van der Waals surface area (Å²) in [5.41, 5.74) is 1.17. The molecule has 0 aromatic heterocycles. The van der Waals surface area contributed by atoms with Crippen molar-refractivity contribution >= 4 is 30.5 Å². The number of hydrogen-bond acceptors (Lipinski definition) is 3. The van der Waals surface area contributed by atoms with Gasteiger partial charge in [0.05, 0.1) is 7.11 Å². The average molecular weight is 307 g/mol. The molecule has 3 nitrogen and oxygen atoms in total. The first-order valence-electron chi connectivity index (χ1n) is 6.49. The van der Waals surface area contributed by atoms with Gasteiger partial charge in [0.2, 0.25) is 0 Å². The second kappa shape index (κ2) is 10.2. The predicted octanol–water partition coefficient (Wildman–Crippen LogP) is 3.44. The van der Waals surface area contributed by atoms with Gasteiger partial charge in [0.1, 0.15) is 5.75 Å². The minimum absolute atomic E-state index is 0. The molecular weight excluding hydrogens is 283 g/mol. The minimum Gasteiger partial charge on any atom is -0.497 e. The Bertz CT molecular complexity index is 327. The van der Waals surface area contributed by atoms with Crippen molar-refractivity contribution in [3.63, 3.8) is 0 Å². The SMILES string of the molecule is COc1ccc(NCCN2CCCCC2)cc1.Cl.Cl. The van der Waals surface area contributed by atoms with E-state index in [4.69, 9.17) is 4.74 Å². The number of piperidine rings is 1. The van der Waals surface area contributed by atoms with Crippen LogP contribution in [0, 0.1) is 0 Å². The molecule has 0 spiro atoms. The van der Waals surface area contributed by atoms with Gasteiger partial charge in [-0.25, -0.2) is 0 Å². The summed E-state index contributed by atoms with van der Waals surface area (Å²) < 4.78 is 5.13. The maximum atomic E-state index is 5.13. The Balaban J connectivity index is 0.00000162. The number of rotatable bonds is 5. The van der Waals surface area contributed by atoms with Gasteiger partial charge in [-0.15, -0.1) is 24.8 Å². The molecular formula is C14H24Cl2N2O. The van der Waals surface area contributed by atoms with Crippen molar-refractivity contribution in [2.45, 2.75) is 19.3 Å². The molecule has 0 aliphatic carbocycles. The zero-order valence-corrected chi connectivity index (χ0v) is 13.1. The van der Waals surface area contributed by atoms with Gasteiger partial charge >= 0.3 is 0 Å². The Morgan fingerprint density at radius 3 is 2.26 bits per heavy atom. The maximum Gasteiger partial charge on any atom is 0.119 e. The molecule has 0 atom stereocenters. The Hall–Kier alpha value is -0.640. The summed E-state index contributed by atoms with van der Waals surface area (Å²) in [5, 5.41) is 3.45. The lowest BCUT2D eigenvalue weighted by atomic mass is 10.1. The highest BCUT2D eigenvalue weighted by molar-refractivity contribution is 5.85. The molecule has 0 amide bonds. The second-order valence-electron chi connectivity index (χ2n) is 4.56. The lowest BCUT2D eigenvalue weighted by Crippen LogP contribution is -2.33. The van der Waals surface area contributed by atoms with Gasteiger partial charge in [0.15, 0.2) is 0 Å². The molecule has 0 bridgehead atoms. The van der Waals surface area contributed by atoms with Crippen molar-refractivity contribution in [2.24, 2.45) is 0 Å². The fourth-order valence-corrected chi connectivity index (χ4v) is 2.25. The third-order valence-electron chi connectivity index (χ3n) is 3.30. The van der Waals surface area contributed by atoms with Crippen molar-refractivity contribution in [1.29, 1.82) is 0 Å². The molecule has 2 rings (SSSR count). The van der Waals surface area contributed by atoms with Crippen LogP contribution in [0.2, 0.25) is 0 Å². The van der Waals surface area contributed by atoms with Crippen LogP contribution in [0.25, 0.3) is 0 Å². The number of anilines is 1. The van der Waals surface area contributed by atoms with E-state index in [9.17, 15) is 0 Å². The number of benzene rings is 1. The quantitative estimate of drug-likeness (QED) is 0.902. The molecule has 0 unspecified atom stereocenters. The van der Waals surface area contributed by atoms with Gasteiger partial charge in [0, 0.05) is 18.8 Å². The Kier molecular flexibility index (Phi) is 9.84. The van der Waals surface area contributed by atoms with E-state index in [1.165, 1.54) is 38.0 Å². The molecule has 1 saturated heterocycles. The highest BCUT2D eigenvalue weighted by atomic mass is 35.5. The zero-order chi connectivity index (χ0) is 11.9. The first kappa shape index (κ1) is 18.4. The normalized spacial score (nSPS) is 15.0. The Morgan fingerprint density at radius 1 is 1.05 bits per heavy atom. The molecule has 1 aromatic rings. The summed E-state index contributed by atoms with van der Waals surface area (Å²) in [5.74, 6) is 0.909. The van der Waals surface area contributed by atoms with Crippen LogP contribution in [0.15, 0.2) is 24.3 Å². The summed E-state index contributed by atoms with van der Waals surface area (Å²) in [7, 11) is 1.69. The molecule has 0 saturated carbocycles. The summed E-state index contributed by atoms with van der Waals surface area (Å²) in [4.78, 5) is 2.54. The second-order valence-corrected chi connectivity index (χ2v) is 4.56. The van der Waals surface area contributed by atoms with Gasteiger partial charge in [-0.3, -0.25) is 0 Å². The van der Waals surface area contributed by atoms with Crippen molar-refractivity contribution < 1.29 is 4.74 Å². The Labute approximate surface area is 128 Å². The van der Waals surface area contributed by atoms with Gasteiger partial charge in [-0.1, -0.05) is 6.42 Å². The molecule has 110 valence electrons. The molecule has 19 heavy (non-hydrogen) atoms. The molecule has 5 heteroatoms. The standard InChI is InChI=1S/C14H22N2O.2ClH/c1-17-14-7-5-13(6-8-14)15-9-12-16-10-3-2-4-11-16;;/h5-8,15H,2-4,9-12H2,1H3;2*1H. The van der Waals surface area contributed by atoms with Crippen LogP contribution in [0.5, 0.6) is 5.75 Å². The highest BCUT2D eigenvalue weighted by Crippen LogP contribution is 2.15. The molecule has 1 aliphatic heterocycles. The predicted molar refractivity (Wildman–Crippen MR) is 86.3 cm³/mol. The largest absolute Gasteiger partial charge is 0.497 e. The van der Waals surface area contributed by atoms with Crippen LogP contribution in [0.1, 0.15) is 19.3 Å². The van der Waals surface area contributed by atoms with E-state index in [0.29, 0.717) is 0 Å². The smallest absolute Gasteiger partial charge is 0.119 e. The molecule has 1 aromatic carbocycles. The molecule has 1 fully saturated rings. The lowest BCUT2D eigenvalue weighted by molar-refractivity contribution is 0.237. The molecule has 0 radical (unpaired) electrons. The van der Waals surface area contributed by atoms with Gasteiger partial charge < -0.3 is 15.0 Å². The van der Waals surface area contributed by atoms with Crippen LogP contribution in [-0.4, -0.2) is 38.2 Å². The van der Waals surface area contributed by atoms with E-state index in [2.05, 4.69) is 22.3 Å². The summed E-state index contributed by atoms with van der Waals surface area (Å²) >= 11 is 0. The summed E-state index contributed by atoms with van der Waals surface area (Å²) in [6, 6.07) is 8.11. The first-order valence-corrected chi connectivity index (χ1v) is 6.49. The van der Waals surface area contributed by atoms with Crippen LogP contribution < -0.4 is 10.1 Å². The van der Waals surface area contributed by atoms with E-state index in [-0.39, 0.29) is 24.8 Å². The van der Waals surface area contributed by atoms with Crippen LogP contribution in [0.4, 0.5) is 5.69 Å². The number of halogens is 2. The van der Waals surface area contributed by atoms with E-state index in [1.807, 2.05) is 12.1 Å². The number of likely N-dealkylation sites (tertiary alicyclic amines) is 1. The number of methoxy groups -OCH3 is 1. The van der Waals surface area contributed by atoms with Crippen LogP contribution in [-0.2, 0) is 0 Å². The Morgan fingerprint density at radius 2 is 1.68 bits per heavy atom. The monoisotopic (exact) mass is 306 g/mol. The fraction of sp³-hybridized carbons (Fsp3) is 0.571. The van der Waals surface area contributed by atoms with Crippen LogP contribution >= 0.6 is 24.8 Å². The number of hydrogen-bond donors (Lipinski definition) is 1. The number of ether oxygens (including phenoxy) is 1. The third kappa shape index (κ3) is 6.37. The topological polar surface area (TPSA) is 24.5 Å². The number of nitrogens with zero attached hydrogens (tertiary/aromatic N) is 1. The van der Waals surface area contributed by atoms with E-state index >= 15 is 0 Å². The lowest BCUT2D eigenvalue weighted by Gasteiger charge is -2.26. The minimum atomic E-state index is 0. The zero-order valence-electron chi connectivity index (χ0n) is 11.4. The van der Waals surface area contributed by atoms with Crippen molar-refractivity contribution in [3.05, 3.63) is 24.3 Å². The average Bonchev–Trinajstić information content (AvgIpc) is 2.41.